The van der Waals surface area contributed by atoms with Gasteiger partial charge < -0.3 is 15.0 Å². The van der Waals surface area contributed by atoms with Crippen molar-refractivity contribution in [1.29, 1.82) is 0 Å². The Labute approximate surface area is 134 Å². The van der Waals surface area contributed by atoms with Crippen LogP contribution in [0.3, 0.4) is 0 Å². The zero-order valence-corrected chi connectivity index (χ0v) is 14.1. The van der Waals surface area contributed by atoms with Crippen LogP contribution in [0, 0.1) is 9.49 Å². The Morgan fingerprint density at radius 1 is 1.55 bits per heavy atom. The summed E-state index contributed by atoms with van der Waals surface area (Å²) in [5.41, 5.74) is 0.775. The lowest BCUT2D eigenvalue weighted by Crippen LogP contribution is -2.42. The second kappa shape index (κ2) is 7.26. The van der Waals surface area contributed by atoms with Gasteiger partial charge in [-0.1, -0.05) is 0 Å². The predicted molar refractivity (Wildman–Crippen MR) is 88.3 cm³/mol. The highest BCUT2D eigenvalue weighted by molar-refractivity contribution is 14.1. The summed E-state index contributed by atoms with van der Waals surface area (Å²) in [6.07, 6.45) is 2.29. The maximum atomic E-state index is 12.6. The molecular weight excluding hydrogens is 367 g/mol. The van der Waals surface area contributed by atoms with Gasteiger partial charge in [-0.25, -0.2) is 0 Å². The van der Waals surface area contributed by atoms with Crippen molar-refractivity contribution in [3.63, 3.8) is 0 Å². The van der Waals surface area contributed by atoms with Crippen LogP contribution in [-0.4, -0.2) is 44.6 Å². The van der Waals surface area contributed by atoms with E-state index in [9.17, 15) is 4.79 Å². The predicted octanol–water partition coefficient (Wildman–Crippen LogP) is 2.37. The number of hydrogen-bond donors (Lipinski definition) is 1. The van der Waals surface area contributed by atoms with Crippen LogP contribution < -0.4 is 10.1 Å². The number of halogens is 1. The van der Waals surface area contributed by atoms with Crippen molar-refractivity contribution in [3.8, 4) is 5.75 Å². The second-order valence-corrected chi connectivity index (χ2v) is 6.33. The average Bonchev–Trinajstić information content (AvgIpc) is 2.47. The lowest BCUT2D eigenvalue weighted by Gasteiger charge is -2.33. The summed E-state index contributed by atoms with van der Waals surface area (Å²) >= 11 is 2.20. The first kappa shape index (κ1) is 15.6. The summed E-state index contributed by atoms with van der Waals surface area (Å²) in [5.74, 6) is 1.49. The second-order valence-electron chi connectivity index (χ2n) is 5.16. The molecule has 1 aliphatic heterocycles. The van der Waals surface area contributed by atoms with E-state index in [1.807, 2.05) is 30.1 Å². The number of carbonyl (C=O) groups is 1. The molecule has 1 saturated heterocycles. The van der Waals surface area contributed by atoms with Gasteiger partial charge in [-0.05, 0) is 73.1 Å². The van der Waals surface area contributed by atoms with Crippen molar-refractivity contribution < 1.29 is 9.53 Å². The fraction of sp³-hybridized carbons (Fsp3) is 0.533. The molecule has 0 aromatic heterocycles. The molecular formula is C15H21IN2O2. The Morgan fingerprint density at radius 2 is 2.35 bits per heavy atom. The van der Waals surface area contributed by atoms with Gasteiger partial charge in [0.1, 0.15) is 5.75 Å². The summed E-state index contributed by atoms with van der Waals surface area (Å²) in [4.78, 5) is 14.6. The number of likely N-dealkylation sites (tertiary alicyclic amines) is 1. The molecule has 1 fully saturated rings. The van der Waals surface area contributed by atoms with E-state index in [4.69, 9.17) is 4.74 Å². The highest BCUT2D eigenvalue weighted by Gasteiger charge is 2.25. The minimum Gasteiger partial charge on any atom is -0.497 e. The molecule has 1 amide bonds. The van der Waals surface area contributed by atoms with Gasteiger partial charge in [-0.3, -0.25) is 4.79 Å². The van der Waals surface area contributed by atoms with E-state index in [-0.39, 0.29) is 5.91 Å². The number of ether oxygens (including phenoxy) is 1. The van der Waals surface area contributed by atoms with Gasteiger partial charge in [0.25, 0.3) is 5.91 Å². The van der Waals surface area contributed by atoms with Gasteiger partial charge in [-0.15, -0.1) is 0 Å². The van der Waals surface area contributed by atoms with Crippen molar-refractivity contribution in [2.24, 2.45) is 5.92 Å². The first-order valence-corrected chi connectivity index (χ1v) is 8.01. The molecule has 1 unspecified atom stereocenters. The van der Waals surface area contributed by atoms with Crippen LogP contribution >= 0.6 is 22.6 Å². The molecule has 0 bridgehead atoms. The van der Waals surface area contributed by atoms with Gasteiger partial charge in [0, 0.05) is 16.7 Å². The molecule has 2 rings (SSSR count). The van der Waals surface area contributed by atoms with E-state index in [1.165, 1.54) is 6.42 Å². The standard InChI is InChI=1S/C15H21IN2O2/c1-17-9-11-4-3-7-18(10-11)15(19)13-6-5-12(20-2)8-14(13)16/h5-6,8,11,17H,3-4,7,9-10H2,1-2H3. The maximum Gasteiger partial charge on any atom is 0.254 e. The number of amides is 1. The molecule has 1 aromatic carbocycles. The van der Waals surface area contributed by atoms with Crippen molar-refractivity contribution >= 4 is 28.5 Å². The quantitative estimate of drug-likeness (QED) is 0.806. The van der Waals surface area contributed by atoms with Crippen LogP contribution in [0.25, 0.3) is 0 Å². The van der Waals surface area contributed by atoms with E-state index in [0.717, 1.165) is 40.9 Å². The fourth-order valence-corrected chi connectivity index (χ4v) is 3.39. The Bertz CT molecular complexity index is 477. The average molecular weight is 388 g/mol. The van der Waals surface area contributed by atoms with Gasteiger partial charge in [0.2, 0.25) is 0 Å². The van der Waals surface area contributed by atoms with Crippen LogP contribution in [0.15, 0.2) is 18.2 Å². The molecule has 0 saturated carbocycles. The van der Waals surface area contributed by atoms with E-state index < -0.39 is 0 Å². The first-order valence-electron chi connectivity index (χ1n) is 6.93. The molecule has 0 aliphatic carbocycles. The molecule has 1 atom stereocenters. The number of benzene rings is 1. The van der Waals surface area contributed by atoms with Crippen LogP contribution in [-0.2, 0) is 0 Å². The molecule has 1 N–H and O–H groups in total. The number of piperidine rings is 1. The molecule has 4 nitrogen and oxygen atoms in total. The number of hydrogen-bond acceptors (Lipinski definition) is 3. The Kier molecular flexibility index (Phi) is 5.65. The SMILES string of the molecule is CNCC1CCCN(C(=O)c2ccc(OC)cc2I)C1. The summed E-state index contributed by atoms with van der Waals surface area (Å²) in [5, 5.41) is 3.21. The summed E-state index contributed by atoms with van der Waals surface area (Å²) in [6, 6.07) is 5.62. The van der Waals surface area contributed by atoms with Crippen LogP contribution in [0.4, 0.5) is 0 Å². The van der Waals surface area contributed by atoms with E-state index in [2.05, 4.69) is 27.9 Å². The Balaban J connectivity index is 2.10. The van der Waals surface area contributed by atoms with Gasteiger partial charge in [-0.2, -0.15) is 0 Å². The smallest absolute Gasteiger partial charge is 0.254 e. The highest BCUT2D eigenvalue weighted by Crippen LogP contribution is 2.23. The molecule has 0 spiro atoms. The van der Waals surface area contributed by atoms with Crippen molar-refractivity contribution in [1.82, 2.24) is 10.2 Å². The Morgan fingerprint density at radius 3 is 3.00 bits per heavy atom. The van der Waals surface area contributed by atoms with Gasteiger partial charge >= 0.3 is 0 Å². The van der Waals surface area contributed by atoms with Crippen LogP contribution in [0.2, 0.25) is 0 Å². The molecule has 20 heavy (non-hydrogen) atoms. The van der Waals surface area contributed by atoms with Crippen molar-refractivity contribution in [2.75, 3.05) is 33.8 Å². The third-order valence-electron chi connectivity index (χ3n) is 3.71. The summed E-state index contributed by atoms with van der Waals surface area (Å²) in [6.45, 7) is 2.69. The normalized spacial score (nSPS) is 18.9. The topological polar surface area (TPSA) is 41.6 Å². The summed E-state index contributed by atoms with van der Waals surface area (Å²) in [7, 11) is 3.60. The Hall–Kier alpha value is -0.820. The molecule has 0 radical (unpaired) electrons. The fourth-order valence-electron chi connectivity index (χ4n) is 2.67. The minimum absolute atomic E-state index is 0.137. The molecule has 110 valence electrons. The molecule has 1 aromatic rings. The molecule has 1 aliphatic rings. The van der Waals surface area contributed by atoms with Crippen molar-refractivity contribution in [3.05, 3.63) is 27.3 Å². The van der Waals surface area contributed by atoms with E-state index in [0.29, 0.717) is 5.92 Å². The monoisotopic (exact) mass is 388 g/mol. The zero-order chi connectivity index (χ0) is 14.5. The highest BCUT2D eigenvalue weighted by atomic mass is 127. The number of carbonyl (C=O) groups excluding carboxylic acids is 1. The largest absolute Gasteiger partial charge is 0.497 e. The third kappa shape index (κ3) is 3.63. The third-order valence-corrected chi connectivity index (χ3v) is 4.60. The maximum absolute atomic E-state index is 12.6. The first-order chi connectivity index (χ1) is 9.65. The van der Waals surface area contributed by atoms with Crippen LogP contribution in [0.1, 0.15) is 23.2 Å². The van der Waals surface area contributed by atoms with Gasteiger partial charge in [0.15, 0.2) is 0 Å². The zero-order valence-electron chi connectivity index (χ0n) is 12.0. The molecule has 1 heterocycles. The van der Waals surface area contributed by atoms with Crippen LogP contribution in [0.5, 0.6) is 5.75 Å². The van der Waals surface area contributed by atoms with E-state index in [1.54, 1.807) is 7.11 Å². The lowest BCUT2D eigenvalue weighted by molar-refractivity contribution is 0.0673. The lowest BCUT2D eigenvalue weighted by atomic mass is 9.97. The van der Waals surface area contributed by atoms with Gasteiger partial charge in [0.05, 0.1) is 12.7 Å². The minimum atomic E-state index is 0.137. The number of nitrogens with one attached hydrogen (secondary N) is 1. The van der Waals surface area contributed by atoms with Crippen molar-refractivity contribution in [2.45, 2.75) is 12.8 Å². The molecule has 5 heteroatoms. The van der Waals surface area contributed by atoms with E-state index >= 15 is 0 Å². The summed E-state index contributed by atoms with van der Waals surface area (Å²) < 4.78 is 6.13. The number of methoxy groups -OCH3 is 1. The number of nitrogens with zero attached hydrogens (tertiary/aromatic N) is 1. The number of rotatable bonds is 4.